The number of hydrogen-bond acceptors (Lipinski definition) is 2. The highest BCUT2D eigenvalue weighted by Crippen LogP contribution is 2.30. The molecule has 2 nitrogen and oxygen atoms in total. The smallest absolute Gasteiger partial charge is 0.143 e. The second kappa shape index (κ2) is 3.65. The second-order valence-corrected chi connectivity index (χ2v) is 4.03. The van der Waals surface area contributed by atoms with Gasteiger partial charge in [0.05, 0.1) is 16.4 Å². The largest absolute Gasteiger partial charge is 0.397 e. The minimum absolute atomic E-state index is 0.112. The van der Waals surface area contributed by atoms with E-state index in [4.69, 9.17) is 17.3 Å². The number of halogens is 2. The van der Waals surface area contributed by atoms with Crippen LogP contribution in [0.25, 0.3) is 0 Å². The molecule has 0 saturated heterocycles. The molecule has 1 saturated carbocycles. The molecule has 3 N–H and O–H groups in total. The molecule has 0 radical (unpaired) electrons. The molecule has 0 spiro atoms. The van der Waals surface area contributed by atoms with Crippen LogP contribution in [0.3, 0.4) is 0 Å². The third-order valence-corrected chi connectivity index (χ3v) is 2.85. The van der Waals surface area contributed by atoms with Crippen molar-refractivity contribution in [2.45, 2.75) is 25.3 Å². The van der Waals surface area contributed by atoms with Gasteiger partial charge in [-0.3, -0.25) is 0 Å². The Kier molecular flexibility index (Phi) is 2.50. The van der Waals surface area contributed by atoms with Gasteiger partial charge in [0.15, 0.2) is 0 Å². The van der Waals surface area contributed by atoms with Gasteiger partial charge in [-0.2, -0.15) is 0 Å². The minimum Gasteiger partial charge on any atom is -0.397 e. The Morgan fingerprint density at radius 1 is 1.43 bits per heavy atom. The van der Waals surface area contributed by atoms with Crippen LogP contribution < -0.4 is 11.1 Å². The third-order valence-electron chi connectivity index (χ3n) is 2.56. The quantitative estimate of drug-likeness (QED) is 0.743. The van der Waals surface area contributed by atoms with Crippen molar-refractivity contribution in [3.05, 3.63) is 23.0 Å². The van der Waals surface area contributed by atoms with E-state index in [1.807, 2.05) is 0 Å². The van der Waals surface area contributed by atoms with E-state index in [0.717, 1.165) is 18.5 Å². The van der Waals surface area contributed by atoms with Crippen LogP contribution in [0, 0.1) is 5.82 Å². The van der Waals surface area contributed by atoms with E-state index in [0.29, 0.717) is 11.7 Å². The van der Waals surface area contributed by atoms with Crippen LogP contribution >= 0.6 is 11.6 Å². The Hall–Kier alpha value is -0.960. The van der Waals surface area contributed by atoms with Gasteiger partial charge >= 0.3 is 0 Å². The molecule has 1 aliphatic carbocycles. The molecular formula is C10H12ClFN2. The first kappa shape index (κ1) is 9.59. The fourth-order valence-electron chi connectivity index (χ4n) is 1.46. The number of nitrogens with one attached hydrogen (secondary N) is 1. The second-order valence-electron chi connectivity index (χ2n) is 3.63. The molecule has 2 rings (SSSR count). The summed E-state index contributed by atoms with van der Waals surface area (Å²) in [4.78, 5) is 0. The Morgan fingerprint density at radius 2 is 2.14 bits per heavy atom. The van der Waals surface area contributed by atoms with Gasteiger partial charge in [-0.25, -0.2) is 4.39 Å². The highest BCUT2D eigenvalue weighted by atomic mass is 35.5. The summed E-state index contributed by atoms with van der Waals surface area (Å²) in [5.74, 6) is -0.469. The van der Waals surface area contributed by atoms with E-state index in [2.05, 4.69) is 5.32 Å². The van der Waals surface area contributed by atoms with E-state index in [1.54, 1.807) is 6.07 Å². The average Bonchev–Trinajstić information content (AvgIpc) is 2.06. The van der Waals surface area contributed by atoms with Gasteiger partial charge in [0.25, 0.3) is 0 Å². The number of rotatable bonds is 2. The van der Waals surface area contributed by atoms with Crippen LogP contribution in [0.4, 0.5) is 15.8 Å². The van der Waals surface area contributed by atoms with Crippen molar-refractivity contribution in [2.75, 3.05) is 11.1 Å². The van der Waals surface area contributed by atoms with Gasteiger partial charge in [0.1, 0.15) is 5.82 Å². The fraction of sp³-hybridized carbons (Fsp3) is 0.400. The van der Waals surface area contributed by atoms with Crippen molar-refractivity contribution in [1.82, 2.24) is 0 Å². The minimum atomic E-state index is -0.469. The lowest BCUT2D eigenvalue weighted by Crippen LogP contribution is -2.27. The molecule has 0 amide bonds. The number of nitrogen functional groups attached to an aromatic ring is 1. The molecule has 4 heteroatoms. The summed E-state index contributed by atoms with van der Waals surface area (Å²) in [7, 11) is 0. The zero-order chi connectivity index (χ0) is 10.1. The summed E-state index contributed by atoms with van der Waals surface area (Å²) in [5.41, 5.74) is 6.81. The molecule has 0 atom stereocenters. The Balaban J connectivity index is 2.19. The summed E-state index contributed by atoms with van der Waals surface area (Å²) in [6, 6.07) is 3.27. The van der Waals surface area contributed by atoms with E-state index in [-0.39, 0.29) is 5.02 Å². The van der Waals surface area contributed by atoms with Crippen molar-refractivity contribution in [1.29, 1.82) is 0 Å². The van der Waals surface area contributed by atoms with Gasteiger partial charge in [0, 0.05) is 12.1 Å². The molecule has 1 aliphatic rings. The zero-order valence-corrected chi connectivity index (χ0v) is 8.44. The summed E-state index contributed by atoms with van der Waals surface area (Å²) in [6.45, 7) is 0. The summed E-state index contributed by atoms with van der Waals surface area (Å²) in [5, 5.41) is 3.35. The molecule has 0 aromatic heterocycles. The van der Waals surface area contributed by atoms with Gasteiger partial charge < -0.3 is 11.1 Å². The molecule has 0 heterocycles. The monoisotopic (exact) mass is 214 g/mol. The average molecular weight is 215 g/mol. The van der Waals surface area contributed by atoms with Crippen LogP contribution in [0.5, 0.6) is 0 Å². The van der Waals surface area contributed by atoms with Crippen LogP contribution in [-0.2, 0) is 0 Å². The first-order valence-electron chi connectivity index (χ1n) is 4.68. The lowest BCUT2D eigenvalue weighted by molar-refractivity contribution is 0.445. The molecule has 14 heavy (non-hydrogen) atoms. The standard InChI is InChI=1S/C10H12ClFN2/c11-7-4-10(9(13)5-8(7)12)14-6-2-1-3-6/h4-6,14H,1-3,13H2. The van der Waals surface area contributed by atoms with Crippen LogP contribution in [-0.4, -0.2) is 6.04 Å². The lowest BCUT2D eigenvalue weighted by Gasteiger charge is -2.28. The predicted octanol–water partition coefficient (Wildman–Crippen LogP) is 3.03. The highest BCUT2D eigenvalue weighted by Gasteiger charge is 2.18. The Bertz CT molecular complexity index is 350. The molecule has 0 bridgehead atoms. The molecule has 76 valence electrons. The number of nitrogens with two attached hydrogens (primary N) is 1. The lowest BCUT2D eigenvalue weighted by atomic mass is 9.93. The van der Waals surface area contributed by atoms with E-state index < -0.39 is 5.82 Å². The van der Waals surface area contributed by atoms with Crippen LogP contribution in [0.15, 0.2) is 12.1 Å². The molecule has 1 aromatic rings. The number of anilines is 2. The number of benzene rings is 1. The maximum atomic E-state index is 13.0. The Morgan fingerprint density at radius 3 is 2.71 bits per heavy atom. The SMILES string of the molecule is Nc1cc(F)c(Cl)cc1NC1CCC1. The zero-order valence-electron chi connectivity index (χ0n) is 7.69. The maximum Gasteiger partial charge on any atom is 0.143 e. The summed E-state index contributed by atoms with van der Waals surface area (Å²) in [6.07, 6.45) is 3.54. The van der Waals surface area contributed by atoms with E-state index >= 15 is 0 Å². The molecular weight excluding hydrogens is 203 g/mol. The Labute approximate surface area is 87.2 Å². The molecule has 0 unspecified atom stereocenters. The van der Waals surface area contributed by atoms with Gasteiger partial charge in [-0.05, 0) is 25.3 Å². The van der Waals surface area contributed by atoms with Crippen molar-refractivity contribution < 1.29 is 4.39 Å². The predicted molar refractivity (Wildman–Crippen MR) is 57.1 cm³/mol. The van der Waals surface area contributed by atoms with Crippen molar-refractivity contribution in [3.8, 4) is 0 Å². The number of hydrogen-bond donors (Lipinski definition) is 2. The van der Waals surface area contributed by atoms with E-state index in [9.17, 15) is 4.39 Å². The van der Waals surface area contributed by atoms with Crippen LogP contribution in [0.2, 0.25) is 5.02 Å². The highest BCUT2D eigenvalue weighted by molar-refractivity contribution is 6.31. The summed E-state index contributed by atoms with van der Waals surface area (Å²) >= 11 is 5.66. The third kappa shape index (κ3) is 1.77. The molecule has 1 fully saturated rings. The fourth-order valence-corrected chi connectivity index (χ4v) is 1.62. The van der Waals surface area contributed by atoms with Crippen molar-refractivity contribution in [3.63, 3.8) is 0 Å². The van der Waals surface area contributed by atoms with Crippen molar-refractivity contribution >= 4 is 23.0 Å². The topological polar surface area (TPSA) is 38.0 Å². The van der Waals surface area contributed by atoms with E-state index in [1.165, 1.54) is 12.5 Å². The molecule has 1 aromatic carbocycles. The molecule has 0 aliphatic heterocycles. The first-order valence-corrected chi connectivity index (χ1v) is 5.05. The van der Waals surface area contributed by atoms with Gasteiger partial charge in [0.2, 0.25) is 0 Å². The first-order chi connectivity index (χ1) is 6.66. The van der Waals surface area contributed by atoms with Gasteiger partial charge in [-0.15, -0.1) is 0 Å². The van der Waals surface area contributed by atoms with Crippen LogP contribution in [0.1, 0.15) is 19.3 Å². The summed E-state index contributed by atoms with van der Waals surface area (Å²) < 4.78 is 13.0. The normalized spacial score (nSPS) is 16.4. The maximum absolute atomic E-state index is 13.0. The van der Waals surface area contributed by atoms with Gasteiger partial charge in [-0.1, -0.05) is 11.6 Å². The van der Waals surface area contributed by atoms with Crippen molar-refractivity contribution in [2.24, 2.45) is 0 Å².